The lowest BCUT2D eigenvalue weighted by molar-refractivity contribution is -0.0167. The molecule has 2 fully saturated rings. The summed E-state index contributed by atoms with van der Waals surface area (Å²) in [5.41, 5.74) is 1.09. The third kappa shape index (κ3) is 3.10. The molecule has 2 aliphatic rings. The number of nitrogens with zero attached hydrogens (tertiary/aromatic N) is 3. The van der Waals surface area contributed by atoms with E-state index in [9.17, 15) is 0 Å². The van der Waals surface area contributed by atoms with Gasteiger partial charge in [0, 0.05) is 32.7 Å². The van der Waals surface area contributed by atoms with Crippen LogP contribution in [-0.2, 0) is 15.9 Å². The predicted octanol–water partition coefficient (Wildman–Crippen LogP) is 3.13. The quantitative estimate of drug-likeness (QED) is 0.846. The topological polar surface area (TPSA) is 49.2 Å². The van der Waals surface area contributed by atoms with Crippen molar-refractivity contribution < 1.29 is 9.47 Å². The maximum absolute atomic E-state index is 5.57. The van der Waals surface area contributed by atoms with Gasteiger partial charge in [0.25, 0.3) is 0 Å². The van der Waals surface area contributed by atoms with Gasteiger partial charge in [-0.3, -0.25) is 0 Å². The Balaban J connectivity index is 1.63. The first-order chi connectivity index (χ1) is 11.8. The first kappa shape index (κ1) is 15.8. The largest absolute Gasteiger partial charge is 0.381 e. The van der Waals surface area contributed by atoms with Crippen LogP contribution in [0.25, 0.3) is 5.69 Å². The van der Waals surface area contributed by atoms with Gasteiger partial charge in [0.2, 0.25) is 0 Å². The summed E-state index contributed by atoms with van der Waals surface area (Å²) in [6.07, 6.45) is 5.71. The van der Waals surface area contributed by atoms with Crippen molar-refractivity contribution in [2.75, 3.05) is 20.3 Å². The predicted molar refractivity (Wildman–Crippen MR) is 91.4 cm³/mol. The first-order valence-corrected chi connectivity index (χ1v) is 8.97. The Morgan fingerprint density at radius 2 is 1.92 bits per heavy atom. The Hall–Kier alpha value is -1.72. The fraction of sp³-hybridized carbons (Fsp3) is 0.579. The van der Waals surface area contributed by atoms with Gasteiger partial charge in [0.1, 0.15) is 5.82 Å². The summed E-state index contributed by atoms with van der Waals surface area (Å²) >= 11 is 0. The Labute approximate surface area is 143 Å². The van der Waals surface area contributed by atoms with Crippen molar-refractivity contribution in [3.8, 4) is 5.69 Å². The van der Waals surface area contributed by atoms with Gasteiger partial charge in [-0.15, -0.1) is 0 Å². The van der Waals surface area contributed by atoms with E-state index >= 15 is 0 Å². The molecular weight excluding hydrogens is 302 g/mol. The van der Waals surface area contributed by atoms with Crippen molar-refractivity contribution in [3.63, 3.8) is 0 Å². The van der Waals surface area contributed by atoms with E-state index in [0.29, 0.717) is 17.9 Å². The van der Waals surface area contributed by atoms with Gasteiger partial charge in [-0.1, -0.05) is 18.2 Å². The van der Waals surface area contributed by atoms with Crippen LogP contribution in [-0.4, -0.2) is 41.2 Å². The smallest absolute Gasteiger partial charge is 0.154 e. The highest BCUT2D eigenvalue weighted by Gasteiger charge is 2.33. The van der Waals surface area contributed by atoms with Crippen LogP contribution in [0.15, 0.2) is 30.3 Å². The van der Waals surface area contributed by atoms with E-state index < -0.39 is 0 Å². The molecule has 0 N–H and O–H groups in total. The molecule has 0 bridgehead atoms. The Kier molecular flexibility index (Phi) is 4.63. The van der Waals surface area contributed by atoms with Crippen LogP contribution in [0, 0.1) is 5.92 Å². The minimum atomic E-state index is 0.373. The van der Waals surface area contributed by atoms with Crippen LogP contribution in [0.5, 0.6) is 0 Å². The van der Waals surface area contributed by atoms with Crippen LogP contribution < -0.4 is 0 Å². The van der Waals surface area contributed by atoms with E-state index in [4.69, 9.17) is 19.6 Å². The number of hydrogen-bond donors (Lipinski definition) is 0. The molecule has 4 rings (SSSR count). The first-order valence-electron chi connectivity index (χ1n) is 8.97. The van der Waals surface area contributed by atoms with E-state index in [-0.39, 0.29) is 0 Å². The summed E-state index contributed by atoms with van der Waals surface area (Å²) in [5.74, 6) is 3.02. The number of para-hydroxylation sites is 1. The van der Waals surface area contributed by atoms with Gasteiger partial charge in [-0.25, -0.2) is 9.67 Å². The van der Waals surface area contributed by atoms with Gasteiger partial charge in [-0.05, 0) is 43.7 Å². The highest BCUT2D eigenvalue weighted by atomic mass is 16.5. The van der Waals surface area contributed by atoms with Crippen molar-refractivity contribution in [2.24, 2.45) is 5.92 Å². The zero-order chi connectivity index (χ0) is 16.4. The normalized spacial score (nSPS) is 24.7. The summed E-state index contributed by atoms with van der Waals surface area (Å²) in [6, 6.07) is 10.3. The van der Waals surface area contributed by atoms with E-state index in [1.165, 1.54) is 6.42 Å². The molecule has 24 heavy (non-hydrogen) atoms. The number of hydrogen-bond acceptors (Lipinski definition) is 4. The third-order valence-electron chi connectivity index (χ3n) is 5.37. The number of benzene rings is 1. The molecule has 2 heterocycles. The van der Waals surface area contributed by atoms with Gasteiger partial charge in [0.05, 0.1) is 11.8 Å². The van der Waals surface area contributed by atoms with E-state index in [1.54, 1.807) is 0 Å². The standard InChI is InChI=1S/C19H25N3O2/c1-23-17-8-7-15(17)13-18-20-19(14-9-11-24-12-10-14)21-22(18)16-5-3-2-4-6-16/h2-6,14-15,17H,7-13H2,1H3. The van der Waals surface area contributed by atoms with E-state index in [0.717, 1.165) is 56.2 Å². The highest BCUT2D eigenvalue weighted by molar-refractivity contribution is 5.31. The van der Waals surface area contributed by atoms with Gasteiger partial charge >= 0.3 is 0 Å². The van der Waals surface area contributed by atoms with Crippen molar-refractivity contribution in [1.82, 2.24) is 14.8 Å². The molecule has 2 atom stereocenters. The second-order valence-electron chi connectivity index (χ2n) is 6.84. The molecule has 2 unspecified atom stereocenters. The minimum absolute atomic E-state index is 0.373. The lowest BCUT2D eigenvalue weighted by Crippen LogP contribution is -2.35. The molecule has 0 spiro atoms. The highest BCUT2D eigenvalue weighted by Crippen LogP contribution is 2.33. The molecule has 1 aromatic carbocycles. The molecule has 1 aromatic heterocycles. The van der Waals surface area contributed by atoms with Gasteiger partial charge < -0.3 is 9.47 Å². The van der Waals surface area contributed by atoms with Crippen molar-refractivity contribution in [3.05, 3.63) is 42.0 Å². The summed E-state index contributed by atoms with van der Waals surface area (Å²) in [7, 11) is 1.81. The molecule has 1 aliphatic carbocycles. The average Bonchev–Trinajstić information content (AvgIpc) is 3.05. The second kappa shape index (κ2) is 7.03. The molecule has 0 radical (unpaired) electrons. The molecule has 0 amide bonds. The van der Waals surface area contributed by atoms with Gasteiger partial charge in [-0.2, -0.15) is 5.10 Å². The maximum Gasteiger partial charge on any atom is 0.154 e. The summed E-state index contributed by atoms with van der Waals surface area (Å²) in [6.45, 7) is 1.63. The van der Waals surface area contributed by atoms with Crippen LogP contribution in [0.1, 0.15) is 43.3 Å². The summed E-state index contributed by atoms with van der Waals surface area (Å²) in [4.78, 5) is 4.94. The van der Waals surface area contributed by atoms with Crippen molar-refractivity contribution in [1.29, 1.82) is 0 Å². The summed E-state index contributed by atoms with van der Waals surface area (Å²) in [5, 5.41) is 4.88. The van der Waals surface area contributed by atoms with Crippen LogP contribution >= 0.6 is 0 Å². The van der Waals surface area contributed by atoms with Crippen LogP contribution in [0.4, 0.5) is 0 Å². The minimum Gasteiger partial charge on any atom is -0.381 e. The lowest BCUT2D eigenvalue weighted by Gasteiger charge is -2.35. The van der Waals surface area contributed by atoms with Crippen LogP contribution in [0.2, 0.25) is 0 Å². The molecular formula is C19H25N3O2. The van der Waals surface area contributed by atoms with Gasteiger partial charge in [0.15, 0.2) is 5.82 Å². The zero-order valence-corrected chi connectivity index (χ0v) is 14.2. The SMILES string of the molecule is COC1CCC1Cc1nc(C2CCOCC2)nn1-c1ccccc1. The molecule has 5 nitrogen and oxygen atoms in total. The van der Waals surface area contributed by atoms with Crippen LogP contribution in [0.3, 0.4) is 0 Å². The second-order valence-corrected chi connectivity index (χ2v) is 6.84. The zero-order valence-electron chi connectivity index (χ0n) is 14.2. The molecule has 1 saturated heterocycles. The Morgan fingerprint density at radius 3 is 2.58 bits per heavy atom. The molecule has 5 heteroatoms. The number of rotatable bonds is 5. The fourth-order valence-electron chi connectivity index (χ4n) is 3.72. The molecule has 128 valence electrons. The molecule has 2 aromatic rings. The van der Waals surface area contributed by atoms with Crippen molar-refractivity contribution >= 4 is 0 Å². The van der Waals surface area contributed by atoms with E-state index in [2.05, 4.69) is 24.3 Å². The molecule has 1 saturated carbocycles. The Bertz CT molecular complexity index is 663. The number of methoxy groups -OCH3 is 1. The average molecular weight is 327 g/mol. The maximum atomic E-state index is 5.57. The Morgan fingerprint density at radius 1 is 1.12 bits per heavy atom. The lowest BCUT2D eigenvalue weighted by atomic mass is 9.79. The third-order valence-corrected chi connectivity index (χ3v) is 5.37. The summed E-state index contributed by atoms with van der Waals surface area (Å²) < 4.78 is 13.1. The van der Waals surface area contributed by atoms with Crippen molar-refractivity contribution in [2.45, 2.75) is 44.1 Å². The molecule has 1 aliphatic heterocycles. The van der Waals surface area contributed by atoms with E-state index in [1.807, 2.05) is 17.9 Å². The fourth-order valence-corrected chi connectivity index (χ4v) is 3.72. The number of aromatic nitrogens is 3. The monoisotopic (exact) mass is 327 g/mol. The number of ether oxygens (including phenoxy) is 2.